The maximum absolute atomic E-state index is 13.0. The first-order valence-electron chi connectivity index (χ1n) is 10.6. The fourth-order valence-corrected chi connectivity index (χ4v) is 3.50. The molecule has 0 radical (unpaired) electrons. The second-order valence-corrected chi connectivity index (χ2v) is 7.48. The number of anilines is 2. The number of hydrogen-bond acceptors (Lipinski definition) is 6. The fourth-order valence-electron chi connectivity index (χ4n) is 3.50. The molecule has 2 heterocycles. The minimum absolute atomic E-state index is 0.0170. The van der Waals surface area contributed by atoms with Gasteiger partial charge in [0.1, 0.15) is 0 Å². The number of benzene rings is 2. The molecule has 1 aliphatic rings. The summed E-state index contributed by atoms with van der Waals surface area (Å²) in [5.74, 6) is 0.291. The van der Waals surface area contributed by atoms with Crippen LogP contribution in [0.5, 0.6) is 6.01 Å². The van der Waals surface area contributed by atoms with Crippen molar-refractivity contribution in [2.75, 3.05) is 25.0 Å². The van der Waals surface area contributed by atoms with Crippen molar-refractivity contribution in [1.82, 2.24) is 19.9 Å². The number of ether oxygens (including phenoxy) is 1. The van der Waals surface area contributed by atoms with Crippen LogP contribution in [-0.2, 0) is 6.18 Å². The minimum atomic E-state index is -4.47. The summed E-state index contributed by atoms with van der Waals surface area (Å²) in [6.07, 6.45) is -2.44. The Morgan fingerprint density at radius 3 is 2.45 bits per heavy atom. The molecular weight excluding hydrogens is 435 g/mol. The summed E-state index contributed by atoms with van der Waals surface area (Å²) in [4.78, 5) is 27.1. The van der Waals surface area contributed by atoms with E-state index in [-0.39, 0.29) is 29.4 Å². The third-order valence-electron chi connectivity index (χ3n) is 5.12. The predicted molar refractivity (Wildman–Crippen MR) is 116 cm³/mol. The van der Waals surface area contributed by atoms with Gasteiger partial charge < -0.3 is 15.0 Å². The number of hydrogen-bond donors (Lipinski definition) is 1. The first kappa shape index (κ1) is 22.5. The number of carbonyl (C=O) groups excluding carboxylic acids is 1. The molecule has 0 spiro atoms. The molecule has 0 atom stereocenters. The minimum Gasteiger partial charge on any atom is -0.464 e. The van der Waals surface area contributed by atoms with Gasteiger partial charge in [0.2, 0.25) is 5.95 Å². The van der Waals surface area contributed by atoms with Crippen molar-refractivity contribution < 1.29 is 22.7 Å². The topological polar surface area (TPSA) is 80.2 Å². The molecule has 1 saturated heterocycles. The number of halogens is 3. The highest BCUT2D eigenvalue weighted by molar-refractivity contribution is 5.94. The van der Waals surface area contributed by atoms with Crippen molar-refractivity contribution in [2.45, 2.75) is 25.9 Å². The lowest BCUT2D eigenvalue weighted by Crippen LogP contribution is -2.27. The van der Waals surface area contributed by atoms with Crippen LogP contribution in [-0.4, -0.2) is 45.5 Å². The lowest BCUT2D eigenvalue weighted by molar-refractivity contribution is -0.137. The maximum atomic E-state index is 13.0. The number of alkyl halides is 3. The highest BCUT2D eigenvalue weighted by Gasteiger charge is 2.30. The highest BCUT2D eigenvalue weighted by Crippen LogP contribution is 2.31. The van der Waals surface area contributed by atoms with Crippen LogP contribution in [0.1, 0.15) is 35.7 Å². The number of nitrogens with zero attached hydrogens (tertiary/aromatic N) is 4. The Hall–Kier alpha value is -3.69. The Bertz CT molecular complexity index is 1130. The van der Waals surface area contributed by atoms with Crippen molar-refractivity contribution >= 4 is 17.5 Å². The van der Waals surface area contributed by atoms with Crippen LogP contribution in [0.4, 0.5) is 24.8 Å². The van der Waals surface area contributed by atoms with Crippen molar-refractivity contribution in [3.63, 3.8) is 0 Å². The SMILES string of the molecule is CCOc1nc(Nc2cccc(C(F)(F)F)c2)nc(-c2ccc(C(=O)N3CCCC3)cc2)n1. The van der Waals surface area contributed by atoms with Crippen LogP contribution >= 0.6 is 0 Å². The van der Waals surface area contributed by atoms with Crippen molar-refractivity contribution in [1.29, 1.82) is 0 Å². The molecule has 4 rings (SSSR count). The summed E-state index contributed by atoms with van der Waals surface area (Å²) < 4.78 is 44.5. The third-order valence-corrected chi connectivity index (χ3v) is 5.12. The van der Waals surface area contributed by atoms with Gasteiger partial charge in [0.25, 0.3) is 5.91 Å². The van der Waals surface area contributed by atoms with Crippen molar-refractivity contribution in [3.05, 3.63) is 59.7 Å². The van der Waals surface area contributed by atoms with Gasteiger partial charge in [0, 0.05) is 29.9 Å². The Morgan fingerprint density at radius 2 is 1.79 bits per heavy atom. The summed E-state index contributed by atoms with van der Waals surface area (Å²) in [5.41, 5.74) is 0.575. The van der Waals surface area contributed by atoms with Crippen LogP contribution in [0.2, 0.25) is 0 Å². The van der Waals surface area contributed by atoms with Crippen LogP contribution in [0.15, 0.2) is 48.5 Å². The molecule has 1 fully saturated rings. The van der Waals surface area contributed by atoms with Crippen molar-refractivity contribution in [2.24, 2.45) is 0 Å². The normalized spacial score (nSPS) is 13.8. The van der Waals surface area contributed by atoms with E-state index in [9.17, 15) is 18.0 Å². The number of amides is 1. The van der Waals surface area contributed by atoms with E-state index in [4.69, 9.17) is 4.74 Å². The van der Waals surface area contributed by atoms with Gasteiger partial charge in [-0.25, -0.2) is 0 Å². The lowest BCUT2D eigenvalue weighted by Gasteiger charge is -2.15. The Labute approximate surface area is 188 Å². The zero-order valence-electron chi connectivity index (χ0n) is 17.9. The summed E-state index contributed by atoms with van der Waals surface area (Å²) in [7, 11) is 0. The van der Waals surface area contributed by atoms with E-state index in [1.807, 2.05) is 4.90 Å². The molecule has 1 aliphatic heterocycles. The predicted octanol–water partition coefficient (Wildman–Crippen LogP) is 4.94. The van der Waals surface area contributed by atoms with Crippen LogP contribution < -0.4 is 10.1 Å². The molecule has 0 saturated carbocycles. The summed E-state index contributed by atoms with van der Waals surface area (Å²) in [5, 5.41) is 2.79. The standard InChI is InChI=1S/C23H22F3N5O2/c1-2-33-22-29-19(15-8-10-16(11-9-15)20(32)31-12-3-4-13-31)28-21(30-22)27-18-7-5-6-17(14-18)23(24,25)26/h5-11,14H,2-4,12-13H2,1H3,(H,27,28,29,30). The number of nitrogens with one attached hydrogen (secondary N) is 1. The summed E-state index contributed by atoms with van der Waals surface area (Å²) in [6, 6.07) is 11.6. The number of rotatable bonds is 6. The molecule has 3 aromatic rings. The average Bonchev–Trinajstić information content (AvgIpc) is 3.33. The van der Waals surface area contributed by atoms with Gasteiger partial charge in [0.15, 0.2) is 5.82 Å². The summed E-state index contributed by atoms with van der Waals surface area (Å²) >= 11 is 0. The van der Waals surface area contributed by atoms with Crippen molar-refractivity contribution in [3.8, 4) is 17.4 Å². The smallest absolute Gasteiger partial charge is 0.416 e. The second kappa shape index (κ2) is 9.43. The van der Waals surface area contributed by atoms with Gasteiger partial charge >= 0.3 is 12.2 Å². The maximum Gasteiger partial charge on any atom is 0.416 e. The molecule has 10 heteroatoms. The molecule has 1 aromatic heterocycles. The molecule has 2 aromatic carbocycles. The monoisotopic (exact) mass is 457 g/mol. The van der Waals surface area contributed by atoms with Gasteiger partial charge in [-0.05, 0) is 50.1 Å². The first-order valence-corrected chi connectivity index (χ1v) is 10.6. The highest BCUT2D eigenvalue weighted by atomic mass is 19.4. The number of aromatic nitrogens is 3. The van der Waals surface area contributed by atoms with E-state index < -0.39 is 11.7 Å². The molecular formula is C23H22F3N5O2. The molecule has 0 aliphatic carbocycles. The van der Waals surface area contributed by atoms with Gasteiger partial charge in [-0.2, -0.15) is 28.1 Å². The van der Waals surface area contributed by atoms with E-state index in [0.717, 1.165) is 38.1 Å². The van der Waals surface area contributed by atoms with Crippen LogP contribution in [0.25, 0.3) is 11.4 Å². The molecule has 1 N–H and O–H groups in total. The van der Waals surface area contributed by atoms with Gasteiger partial charge in [-0.15, -0.1) is 0 Å². The second-order valence-electron chi connectivity index (χ2n) is 7.48. The zero-order chi connectivity index (χ0) is 23.4. The molecule has 0 bridgehead atoms. The van der Waals surface area contributed by atoms with Gasteiger partial charge in [-0.3, -0.25) is 4.79 Å². The fraction of sp³-hybridized carbons (Fsp3) is 0.304. The molecule has 1 amide bonds. The van der Waals surface area contributed by atoms with E-state index in [0.29, 0.717) is 17.7 Å². The Kier molecular flexibility index (Phi) is 6.43. The zero-order valence-corrected chi connectivity index (χ0v) is 17.9. The third kappa shape index (κ3) is 5.39. The summed E-state index contributed by atoms with van der Waals surface area (Å²) in [6.45, 7) is 3.59. The van der Waals surface area contributed by atoms with E-state index in [2.05, 4.69) is 20.3 Å². The van der Waals surface area contributed by atoms with Gasteiger partial charge in [0.05, 0.1) is 12.2 Å². The quantitative estimate of drug-likeness (QED) is 0.565. The first-order chi connectivity index (χ1) is 15.8. The van der Waals surface area contributed by atoms with E-state index in [1.54, 1.807) is 31.2 Å². The lowest BCUT2D eigenvalue weighted by atomic mass is 10.1. The average molecular weight is 457 g/mol. The molecule has 7 nitrogen and oxygen atoms in total. The molecule has 172 valence electrons. The van der Waals surface area contributed by atoms with Gasteiger partial charge in [-0.1, -0.05) is 18.2 Å². The Morgan fingerprint density at radius 1 is 1.06 bits per heavy atom. The number of carbonyl (C=O) groups is 1. The Balaban J connectivity index is 1.60. The van der Waals surface area contributed by atoms with Crippen LogP contribution in [0.3, 0.4) is 0 Å². The number of likely N-dealkylation sites (tertiary alicyclic amines) is 1. The van der Waals surface area contributed by atoms with E-state index in [1.165, 1.54) is 12.1 Å². The molecule has 33 heavy (non-hydrogen) atoms. The largest absolute Gasteiger partial charge is 0.464 e. The molecule has 0 unspecified atom stereocenters. The van der Waals surface area contributed by atoms with E-state index >= 15 is 0 Å². The van der Waals surface area contributed by atoms with Crippen LogP contribution in [0, 0.1) is 0 Å².